The minimum Gasteiger partial charge on any atom is -0.378 e. The zero-order valence-electron chi connectivity index (χ0n) is 18.7. The summed E-state index contributed by atoms with van der Waals surface area (Å²) >= 11 is 0. The Kier molecular flexibility index (Phi) is 10.2. The van der Waals surface area contributed by atoms with Crippen LogP contribution < -0.4 is 15.5 Å². The van der Waals surface area contributed by atoms with Gasteiger partial charge in [0.05, 0.1) is 13.2 Å². The van der Waals surface area contributed by atoms with Crippen LogP contribution in [-0.2, 0) is 17.6 Å². The lowest BCUT2D eigenvalue weighted by Crippen LogP contribution is -2.37. The van der Waals surface area contributed by atoms with E-state index in [9.17, 15) is 4.79 Å². The van der Waals surface area contributed by atoms with Crippen molar-refractivity contribution in [3.05, 3.63) is 46.6 Å². The van der Waals surface area contributed by atoms with Crippen molar-refractivity contribution in [2.24, 2.45) is 5.92 Å². The van der Waals surface area contributed by atoms with Crippen molar-refractivity contribution in [3.63, 3.8) is 0 Å². The molecule has 7 nitrogen and oxygen atoms in total. The van der Waals surface area contributed by atoms with Gasteiger partial charge in [-0.25, -0.2) is 4.98 Å². The molecule has 1 amide bonds. The van der Waals surface area contributed by atoms with Crippen molar-refractivity contribution in [1.82, 2.24) is 15.3 Å². The molecule has 2 fully saturated rings. The molecular formula is C23H33Cl2N5O2. The minimum atomic E-state index is -0.180. The van der Waals surface area contributed by atoms with Crippen LogP contribution in [0, 0.1) is 12.8 Å². The smallest absolute Gasteiger partial charge is 0.258 e. The van der Waals surface area contributed by atoms with Crippen LogP contribution in [-0.4, -0.2) is 55.3 Å². The maximum Gasteiger partial charge on any atom is 0.258 e. The van der Waals surface area contributed by atoms with Crippen molar-refractivity contribution < 1.29 is 9.53 Å². The number of amides is 1. The van der Waals surface area contributed by atoms with E-state index in [2.05, 4.69) is 39.6 Å². The molecule has 0 radical (unpaired) electrons. The maximum absolute atomic E-state index is 12.8. The van der Waals surface area contributed by atoms with Crippen molar-refractivity contribution in [3.8, 4) is 0 Å². The molecule has 9 heteroatoms. The molecule has 3 heterocycles. The highest BCUT2D eigenvalue weighted by molar-refractivity contribution is 6.03. The van der Waals surface area contributed by atoms with E-state index in [1.165, 1.54) is 12.0 Å². The number of benzene rings is 1. The standard InChI is InChI=1S/C23H31N5O2.2ClH/c1-3-20-16(2)25-23(26-21(20)28-10-12-30-13-11-28)27-22(29)19-6-4-17(5-7-19)14-18-8-9-24-15-18;;/h4-7,18,24H,3,8-15H2,1-2H3,(H,25,26,27,29);2*1H. The van der Waals surface area contributed by atoms with Gasteiger partial charge in [0.2, 0.25) is 5.95 Å². The predicted octanol–water partition coefficient (Wildman–Crippen LogP) is 3.43. The Morgan fingerprint density at radius 2 is 1.91 bits per heavy atom. The second-order valence-electron chi connectivity index (χ2n) is 8.10. The van der Waals surface area contributed by atoms with Gasteiger partial charge >= 0.3 is 0 Å². The molecule has 2 aliphatic rings. The van der Waals surface area contributed by atoms with Crippen LogP contribution in [0.15, 0.2) is 24.3 Å². The van der Waals surface area contributed by atoms with Gasteiger partial charge in [0.1, 0.15) is 5.82 Å². The van der Waals surface area contributed by atoms with Gasteiger partial charge in [-0.3, -0.25) is 10.1 Å². The molecule has 0 saturated carbocycles. The number of halogens is 2. The summed E-state index contributed by atoms with van der Waals surface area (Å²) in [5, 5.41) is 6.30. The van der Waals surface area contributed by atoms with Gasteiger partial charge in [0, 0.05) is 29.9 Å². The van der Waals surface area contributed by atoms with Gasteiger partial charge in [0.15, 0.2) is 0 Å². The number of carbonyl (C=O) groups excluding carboxylic acids is 1. The minimum absolute atomic E-state index is 0. The Balaban J connectivity index is 0.00000181. The highest BCUT2D eigenvalue weighted by atomic mass is 35.5. The molecule has 2 saturated heterocycles. The third kappa shape index (κ3) is 6.32. The lowest BCUT2D eigenvalue weighted by atomic mass is 9.98. The van der Waals surface area contributed by atoms with Crippen LogP contribution in [0.25, 0.3) is 0 Å². The van der Waals surface area contributed by atoms with Gasteiger partial charge in [0.25, 0.3) is 5.91 Å². The number of hydrogen-bond acceptors (Lipinski definition) is 6. The van der Waals surface area contributed by atoms with Crippen molar-refractivity contribution in [2.45, 2.75) is 33.1 Å². The number of morpholine rings is 1. The Labute approximate surface area is 202 Å². The Hall–Kier alpha value is -1.93. The molecule has 2 N–H and O–H groups in total. The summed E-state index contributed by atoms with van der Waals surface area (Å²) in [6.07, 6.45) is 3.13. The van der Waals surface area contributed by atoms with E-state index in [0.29, 0.717) is 30.6 Å². The zero-order chi connectivity index (χ0) is 20.9. The molecule has 176 valence electrons. The van der Waals surface area contributed by atoms with E-state index < -0.39 is 0 Å². The molecule has 1 aromatic carbocycles. The third-order valence-corrected chi connectivity index (χ3v) is 5.98. The fraction of sp³-hybridized carbons (Fsp3) is 0.522. The number of anilines is 2. The Bertz CT molecular complexity index is 883. The topological polar surface area (TPSA) is 79.4 Å². The molecule has 32 heavy (non-hydrogen) atoms. The molecule has 1 unspecified atom stereocenters. The second-order valence-corrected chi connectivity index (χ2v) is 8.10. The van der Waals surface area contributed by atoms with Crippen LogP contribution in [0.4, 0.5) is 11.8 Å². The van der Waals surface area contributed by atoms with E-state index in [1.807, 2.05) is 19.1 Å². The average molecular weight is 482 g/mol. The molecule has 0 spiro atoms. The summed E-state index contributed by atoms with van der Waals surface area (Å²) in [5.41, 5.74) is 3.93. The van der Waals surface area contributed by atoms with Crippen LogP contribution >= 0.6 is 24.8 Å². The highest BCUT2D eigenvalue weighted by Gasteiger charge is 2.20. The maximum atomic E-state index is 12.8. The molecule has 1 aromatic heterocycles. The number of rotatable bonds is 6. The van der Waals surface area contributed by atoms with Crippen LogP contribution in [0.1, 0.15) is 40.5 Å². The fourth-order valence-corrected chi connectivity index (χ4v) is 4.28. The molecular weight excluding hydrogens is 449 g/mol. The Morgan fingerprint density at radius 1 is 1.19 bits per heavy atom. The fourth-order valence-electron chi connectivity index (χ4n) is 4.28. The first-order valence-corrected chi connectivity index (χ1v) is 10.9. The summed E-state index contributed by atoms with van der Waals surface area (Å²) in [6.45, 7) is 9.26. The summed E-state index contributed by atoms with van der Waals surface area (Å²) in [6, 6.07) is 7.89. The summed E-state index contributed by atoms with van der Waals surface area (Å²) in [7, 11) is 0. The number of nitrogens with zero attached hydrogens (tertiary/aromatic N) is 3. The van der Waals surface area contributed by atoms with Crippen molar-refractivity contribution >= 4 is 42.5 Å². The molecule has 0 aliphatic carbocycles. The highest BCUT2D eigenvalue weighted by Crippen LogP contribution is 2.24. The number of nitrogens with one attached hydrogen (secondary N) is 2. The molecule has 0 bridgehead atoms. The monoisotopic (exact) mass is 481 g/mol. The van der Waals surface area contributed by atoms with E-state index in [-0.39, 0.29) is 30.7 Å². The van der Waals surface area contributed by atoms with Gasteiger partial charge in [-0.15, -0.1) is 24.8 Å². The summed E-state index contributed by atoms with van der Waals surface area (Å²) in [5.74, 6) is 1.78. The van der Waals surface area contributed by atoms with E-state index in [0.717, 1.165) is 56.1 Å². The number of aryl methyl sites for hydroxylation is 1. The average Bonchev–Trinajstić information content (AvgIpc) is 3.27. The normalized spacial score (nSPS) is 17.9. The van der Waals surface area contributed by atoms with Crippen LogP contribution in [0.3, 0.4) is 0 Å². The molecule has 1 atom stereocenters. The van der Waals surface area contributed by atoms with E-state index in [1.54, 1.807) is 0 Å². The van der Waals surface area contributed by atoms with Gasteiger partial charge in [-0.1, -0.05) is 19.1 Å². The summed E-state index contributed by atoms with van der Waals surface area (Å²) < 4.78 is 5.47. The quantitative estimate of drug-likeness (QED) is 0.657. The SMILES string of the molecule is CCc1c(C)nc(NC(=O)c2ccc(CC3CCNC3)cc2)nc1N1CCOCC1.Cl.Cl. The largest absolute Gasteiger partial charge is 0.378 e. The molecule has 2 aromatic rings. The van der Waals surface area contributed by atoms with Crippen LogP contribution in [0.2, 0.25) is 0 Å². The lowest BCUT2D eigenvalue weighted by Gasteiger charge is -2.30. The van der Waals surface area contributed by atoms with Gasteiger partial charge in [-0.05, 0) is 62.9 Å². The molecule has 2 aliphatic heterocycles. The lowest BCUT2D eigenvalue weighted by molar-refractivity contribution is 0.102. The van der Waals surface area contributed by atoms with Crippen LogP contribution in [0.5, 0.6) is 0 Å². The second kappa shape index (κ2) is 12.3. The predicted molar refractivity (Wildman–Crippen MR) is 133 cm³/mol. The third-order valence-electron chi connectivity index (χ3n) is 5.98. The zero-order valence-corrected chi connectivity index (χ0v) is 20.4. The van der Waals surface area contributed by atoms with Crippen molar-refractivity contribution in [1.29, 1.82) is 0 Å². The first-order chi connectivity index (χ1) is 14.6. The number of aromatic nitrogens is 2. The Morgan fingerprint density at radius 3 is 2.53 bits per heavy atom. The number of hydrogen-bond donors (Lipinski definition) is 2. The van der Waals surface area contributed by atoms with Crippen molar-refractivity contribution in [2.75, 3.05) is 49.6 Å². The number of ether oxygens (including phenoxy) is 1. The van der Waals surface area contributed by atoms with E-state index >= 15 is 0 Å². The summed E-state index contributed by atoms with van der Waals surface area (Å²) in [4.78, 5) is 24.3. The number of carbonyl (C=O) groups is 1. The van der Waals surface area contributed by atoms with Gasteiger partial charge < -0.3 is 15.0 Å². The molecule has 4 rings (SSSR count). The van der Waals surface area contributed by atoms with E-state index in [4.69, 9.17) is 9.72 Å². The van der Waals surface area contributed by atoms with Gasteiger partial charge in [-0.2, -0.15) is 4.98 Å². The first-order valence-electron chi connectivity index (χ1n) is 10.9. The first kappa shape index (κ1) is 26.3.